The van der Waals surface area contributed by atoms with E-state index in [1.54, 1.807) is 0 Å². The molecule has 0 aromatic carbocycles. The van der Waals surface area contributed by atoms with Gasteiger partial charge in [0.1, 0.15) is 0 Å². The van der Waals surface area contributed by atoms with E-state index in [1.165, 1.54) is 25.7 Å². The Balaban J connectivity index is 0.00000529. The molecular formula is C18H37IN4O. The average molecular weight is 452 g/mol. The highest BCUT2D eigenvalue weighted by Gasteiger charge is 2.27. The van der Waals surface area contributed by atoms with Gasteiger partial charge in [0.25, 0.3) is 0 Å². The number of hydrogen-bond donors (Lipinski definition) is 3. The van der Waals surface area contributed by atoms with Crippen molar-refractivity contribution in [3.63, 3.8) is 0 Å². The summed E-state index contributed by atoms with van der Waals surface area (Å²) in [5.41, 5.74) is 0.131. The average Bonchev–Trinajstić information content (AvgIpc) is 2.44. The molecule has 0 aromatic rings. The zero-order chi connectivity index (χ0) is 17.5. The third kappa shape index (κ3) is 9.08. The number of aliphatic imine (C=N–C) groups is 1. The van der Waals surface area contributed by atoms with Gasteiger partial charge in [-0.3, -0.25) is 9.79 Å². The maximum Gasteiger partial charge on any atom is 0.225 e. The third-order valence-corrected chi connectivity index (χ3v) is 4.37. The number of hydrogen-bond acceptors (Lipinski definition) is 2. The molecule has 1 fully saturated rings. The van der Waals surface area contributed by atoms with Gasteiger partial charge in [-0.15, -0.1) is 24.0 Å². The molecule has 0 bridgehead atoms. The van der Waals surface area contributed by atoms with E-state index in [2.05, 4.69) is 41.7 Å². The number of nitrogens with one attached hydrogen (secondary N) is 3. The molecular weight excluding hydrogens is 415 g/mol. The van der Waals surface area contributed by atoms with Gasteiger partial charge in [0.15, 0.2) is 5.96 Å². The van der Waals surface area contributed by atoms with Gasteiger partial charge in [-0.05, 0) is 38.0 Å². The molecule has 1 aliphatic carbocycles. The maximum atomic E-state index is 11.8. The normalized spacial score (nSPS) is 18.5. The Bertz CT molecular complexity index is 406. The van der Waals surface area contributed by atoms with Crippen LogP contribution >= 0.6 is 24.0 Å². The van der Waals surface area contributed by atoms with Gasteiger partial charge >= 0.3 is 0 Å². The van der Waals surface area contributed by atoms with Crippen LogP contribution in [-0.2, 0) is 4.79 Å². The highest BCUT2D eigenvalue weighted by atomic mass is 127. The van der Waals surface area contributed by atoms with E-state index in [-0.39, 0.29) is 35.3 Å². The van der Waals surface area contributed by atoms with Crippen molar-refractivity contribution < 1.29 is 4.79 Å². The van der Waals surface area contributed by atoms with E-state index in [0.717, 1.165) is 12.5 Å². The van der Waals surface area contributed by atoms with Crippen LogP contribution in [-0.4, -0.2) is 37.5 Å². The summed E-state index contributed by atoms with van der Waals surface area (Å²) in [5.74, 6) is 0.933. The molecule has 0 radical (unpaired) electrons. The van der Waals surface area contributed by atoms with Gasteiger partial charge in [-0.1, -0.05) is 34.6 Å². The molecule has 0 aliphatic heterocycles. The number of halogens is 1. The molecule has 0 atom stereocenters. The fourth-order valence-electron chi connectivity index (χ4n) is 2.66. The van der Waals surface area contributed by atoms with Crippen LogP contribution in [0.2, 0.25) is 0 Å². The van der Waals surface area contributed by atoms with Crippen LogP contribution in [0.25, 0.3) is 0 Å². The molecule has 0 unspecified atom stereocenters. The first-order valence-electron chi connectivity index (χ1n) is 8.97. The maximum absolute atomic E-state index is 11.8. The van der Waals surface area contributed by atoms with Crippen molar-refractivity contribution in [3.05, 3.63) is 0 Å². The van der Waals surface area contributed by atoms with Gasteiger partial charge in [0, 0.05) is 24.5 Å². The molecule has 1 amide bonds. The fraction of sp³-hybridized carbons (Fsp3) is 0.889. The number of guanidine groups is 1. The second-order valence-corrected chi connectivity index (χ2v) is 8.35. The van der Waals surface area contributed by atoms with Crippen molar-refractivity contribution in [2.24, 2.45) is 15.8 Å². The summed E-state index contributed by atoms with van der Waals surface area (Å²) in [7, 11) is 0. The van der Waals surface area contributed by atoms with Crippen LogP contribution in [0.1, 0.15) is 67.2 Å². The first kappa shape index (κ1) is 23.5. The Morgan fingerprint density at radius 3 is 2.25 bits per heavy atom. The highest BCUT2D eigenvalue weighted by molar-refractivity contribution is 14.0. The summed E-state index contributed by atoms with van der Waals surface area (Å²) in [4.78, 5) is 16.4. The lowest BCUT2D eigenvalue weighted by molar-refractivity contribution is -0.128. The summed E-state index contributed by atoms with van der Waals surface area (Å²) in [5, 5.41) is 9.77. The Labute approximate surface area is 165 Å². The van der Waals surface area contributed by atoms with Crippen molar-refractivity contribution in [2.45, 2.75) is 73.3 Å². The van der Waals surface area contributed by atoms with Gasteiger partial charge in [-0.25, -0.2) is 0 Å². The molecule has 6 heteroatoms. The van der Waals surface area contributed by atoms with Gasteiger partial charge in [-0.2, -0.15) is 0 Å². The second-order valence-electron chi connectivity index (χ2n) is 8.35. The fourth-order valence-corrected chi connectivity index (χ4v) is 2.66. The van der Waals surface area contributed by atoms with E-state index in [0.29, 0.717) is 24.5 Å². The molecule has 3 N–H and O–H groups in total. The Morgan fingerprint density at radius 1 is 1.17 bits per heavy atom. The smallest absolute Gasteiger partial charge is 0.225 e. The number of carbonyl (C=O) groups excluding carboxylic acids is 1. The van der Waals surface area contributed by atoms with E-state index in [9.17, 15) is 4.79 Å². The molecule has 0 spiro atoms. The Kier molecular flexibility index (Phi) is 10.2. The molecule has 142 valence electrons. The first-order chi connectivity index (χ1) is 10.6. The van der Waals surface area contributed by atoms with Crippen LogP contribution in [0.4, 0.5) is 0 Å². The van der Waals surface area contributed by atoms with Crippen molar-refractivity contribution in [3.8, 4) is 0 Å². The molecule has 0 aromatic heterocycles. The number of carbonyl (C=O) groups is 1. The molecule has 0 saturated heterocycles. The number of rotatable bonds is 5. The zero-order valence-corrected chi connectivity index (χ0v) is 18.6. The van der Waals surface area contributed by atoms with Crippen LogP contribution in [0.5, 0.6) is 0 Å². The zero-order valence-electron chi connectivity index (χ0n) is 16.3. The second kappa shape index (κ2) is 10.5. The van der Waals surface area contributed by atoms with Crippen molar-refractivity contribution in [2.75, 3.05) is 19.6 Å². The summed E-state index contributed by atoms with van der Waals surface area (Å²) >= 11 is 0. The van der Waals surface area contributed by atoms with Gasteiger partial charge in [0.05, 0.1) is 6.54 Å². The minimum atomic E-state index is -0.346. The Hall–Kier alpha value is -0.530. The quantitative estimate of drug-likeness (QED) is 0.260. The van der Waals surface area contributed by atoms with Crippen LogP contribution in [0, 0.1) is 10.8 Å². The standard InChI is InChI=1S/C18H36N4O.HI/c1-7-19-16(21-13-12-20-15(23)17(2,3)4)22-14-8-10-18(5,6)11-9-14;/h14H,7-13H2,1-6H3,(H,20,23)(H2,19,21,22);1H. The third-order valence-electron chi connectivity index (χ3n) is 4.37. The first-order valence-corrected chi connectivity index (χ1v) is 8.97. The lowest BCUT2D eigenvalue weighted by atomic mass is 9.75. The summed E-state index contributed by atoms with van der Waals surface area (Å²) in [6.07, 6.45) is 4.90. The minimum absolute atomic E-state index is 0. The molecule has 5 nitrogen and oxygen atoms in total. The SMILES string of the molecule is CCNC(=NCCNC(=O)C(C)(C)C)NC1CCC(C)(C)CC1.I. The van der Waals surface area contributed by atoms with Crippen molar-refractivity contribution >= 4 is 35.8 Å². The predicted molar refractivity (Wildman–Crippen MR) is 113 cm³/mol. The molecule has 24 heavy (non-hydrogen) atoms. The van der Waals surface area contributed by atoms with Crippen molar-refractivity contribution in [1.29, 1.82) is 0 Å². The van der Waals surface area contributed by atoms with Crippen LogP contribution in [0.3, 0.4) is 0 Å². The molecule has 0 heterocycles. The Morgan fingerprint density at radius 2 is 1.75 bits per heavy atom. The lowest BCUT2D eigenvalue weighted by Crippen LogP contribution is -2.46. The lowest BCUT2D eigenvalue weighted by Gasteiger charge is -2.35. The number of amides is 1. The molecule has 1 rings (SSSR count). The van der Waals surface area contributed by atoms with Crippen molar-refractivity contribution in [1.82, 2.24) is 16.0 Å². The highest BCUT2D eigenvalue weighted by Crippen LogP contribution is 2.34. The van der Waals surface area contributed by atoms with Gasteiger partial charge in [0.2, 0.25) is 5.91 Å². The molecule has 1 saturated carbocycles. The van der Waals surface area contributed by atoms with Crippen LogP contribution < -0.4 is 16.0 Å². The monoisotopic (exact) mass is 452 g/mol. The molecule has 1 aliphatic rings. The summed E-state index contributed by atoms with van der Waals surface area (Å²) in [6.45, 7) is 14.5. The number of nitrogens with zero attached hydrogens (tertiary/aromatic N) is 1. The van der Waals surface area contributed by atoms with E-state index in [4.69, 9.17) is 0 Å². The largest absolute Gasteiger partial charge is 0.357 e. The van der Waals surface area contributed by atoms with E-state index < -0.39 is 0 Å². The van der Waals surface area contributed by atoms with Gasteiger partial charge < -0.3 is 16.0 Å². The topological polar surface area (TPSA) is 65.5 Å². The minimum Gasteiger partial charge on any atom is -0.357 e. The van der Waals surface area contributed by atoms with E-state index >= 15 is 0 Å². The predicted octanol–water partition coefficient (Wildman–Crippen LogP) is 3.29. The van der Waals surface area contributed by atoms with E-state index in [1.807, 2.05) is 20.8 Å². The summed E-state index contributed by atoms with van der Waals surface area (Å²) < 4.78 is 0. The summed E-state index contributed by atoms with van der Waals surface area (Å²) in [6, 6.07) is 0.505. The van der Waals surface area contributed by atoms with Crippen LogP contribution in [0.15, 0.2) is 4.99 Å².